The Morgan fingerprint density at radius 3 is 2.85 bits per heavy atom. The number of hydrogen-bond acceptors (Lipinski definition) is 4. The topological polar surface area (TPSA) is 93.6 Å². The predicted molar refractivity (Wildman–Crippen MR) is 50.0 cm³/mol. The molecule has 13 heavy (non-hydrogen) atoms. The van der Waals surface area contributed by atoms with Gasteiger partial charge in [0.05, 0.1) is 0 Å². The van der Waals surface area contributed by atoms with Crippen molar-refractivity contribution in [1.29, 1.82) is 0 Å². The minimum absolute atomic E-state index is 0.0649. The molecule has 1 aliphatic carbocycles. The molecule has 5 nitrogen and oxygen atoms in total. The van der Waals surface area contributed by atoms with Crippen molar-refractivity contribution >= 4 is 5.95 Å². The molecular formula is C8H15N5. The molecule has 1 aliphatic rings. The molecule has 5 heteroatoms. The van der Waals surface area contributed by atoms with Gasteiger partial charge in [0.2, 0.25) is 5.95 Å². The Kier molecular flexibility index (Phi) is 1.76. The third kappa shape index (κ3) is 1.19. The monoisotopic (exact) mass is 181 g/mol. The molecule has 1 saturated carbocycles. The van der Waals surface area contributed by atoms with Gasteiger partial charge in [-0.3, -0.25) is 5.10 Å². The number of rotatable bonds is 1. The van der Waals surface area contributed by atoms with Crippen LogP contribution in [0.1, 0.15) is 32.0 Å². The average molecular weight is 181 g/mol. The lowest BCUT2D eigenvalue weighted by molar-refractivity contribution is 0.406. The van der Waals surface area contributed by atoms with E-state index in [9.17, 15) is 0 Å². The molecule has 72 valence electrons. The summed E-state index contributed by atoms with van der Waals surface area (Å²) in [7, 11) is 0. The molecule has 0 aromatic carbocycles. The Morgan fingerprint density at radius 2 is 2.38 bits per heavy atom. The summed E-state index contributed by atoms with van der Waals surface area (Å²) in [4.78, 5) is 4.15. The van der Waals surface area contributed by atoms with E-state index in [-0.39, 0.29) is 11.5 Å². The molecule has 1 heterocycles. The number of aromatic amines is 1. The van der Waals surface area contributed by atoms with Crippen LogP contribution < -0.4 is 11.5 Å². The fourth-order valence-corrected chi connectivity index (χ4v) is 2.02. The lowest BCUT2D eigenvalue weighted by Gasteiger charge is -2.25. The molecule has 5 N–H and O–H groups in total. The Hall–Kier alpha value is -1.10. The van der Waals surface area contributed by atoms with Gasteiger partial charge in [-0.2, -0.15) is 4.98 Å². The largest absolute Gasteiger partial charge is 0.367 e. The van der Waals surface area contributed by atoms with Crippen molar-refractivity contribution < 1.29 is 0 Å². The van der Waals surface area contributed by atoms with Crippen LogP contribution >= 0.6 is 0 Å². The fourth-order valence-electron chi connectivity index (χ4n) is 2.02. The van der Waals surface area contributed by atoms with E-state index in [1.54, 1.807) is 0 Å². The number of nitrogens with one attached hydrogen (secondary N) is 1. The summed E-state index contributed by atoms with van der Waals surface area (Å²) in [5.41, 5.74) is 11.4. The molecule has 0 spiro atoms. The second-order valence-corrected chi connectivity index (χ2v) is 3.96. The minimum atomic E-state index is -0.0649. The van der Waals surface area contributed by atoms with E-state index < -0.39 is 0 Å². The van der Waals surface area contributed by atoms with E-state index in [2.05, 4.69) is 22.1 Å². The maximum absolute atomic E-state index is 6.03. The highest BCUT2D eigenvalue weighted by atomic mass is 15.3. The number of aromatic nitrogens is 3. The minimum Gasteiger partial charge on any atom is -0.367 e. The summed E-state index contributed by atoms with van der Waals surface area (Å²) in [5.74, 6) is 1.13. The van der Waals surface area contributed by atoms with Gasteiger partial charge in [-0.1, -0.05) is 13.3 Å². The maximum Gasteiger partial charge on any atom is 0.239 e. The van der Waals surface area contributed by atoms with Gasteiger partial charge in [0.15, 0.2) is 0 Å². The van der Waals surface area contributed by atoms with E-state index in [1.165, 1.54) is 0 Å². The van der Waals surface area contributed by atoms with Crippen LogP contribution in [0, 0.1) is 0 Å². The van der Waals surface area contributed by atoms with Crippen molar-refractivity contribution in [3.8, 4) is 0 Å². The number of nitrogen functional groups attached to an aromatic ring is 1. The first kappa shape index (κ1) is 8.50. The molecule has 0 amide bonds. The molecule has 2 atom stereocenters. The van der Waals surface area contributed by atoms with E-state index in [0.29, 0.717) is 5.95 Å². The molecule has 0 bridgehead atoms. The summed E-state index contributed by atoms with van der Waals surface area (Å²) in [6.07, 6.45) is 3.26. The summed E-state index contributed by atoms with van der Waals surface area (Å²) in [5, 5.41) is 6.68. The summed E-state index contributed by atoms with van der Waals surface area (Å²) in [6, 6.07) is 0.167. The first-order valence-corrected chi connectivity index (χ1v) is 4.57. The van der Waals surface area contributed by atoms with E-state index in [1.807, 2.05) is 0 Å². The van der Waals surface area contributed by atoms with Crippen molar-refractivity contribution in [2.45, 2.75) is 37.6 Å². The zero-order valence-corrected chi connectivity index (χ0v) is 7.75. The van der Waals surface area contributed by atoms with Gasteiger partial charge in [-0.05, 0) is 12.8 Å². The van der Waals surface area contributed by atoms with Crippen molar-refractivity contribution in [2.75, 3.05) is 5.73 Å². The molecule has 2 unspecified atom stereocenters. The molecule has 0 saturated heterocycles. The Labute approximate surface area is 76.9 Å². The quantitative estimate of drug-likeness (QED) is 0.575. The van der Waals surface area contributed by atoms with E-state index >= 15 is 0 Å². The molecule has 0 radical (unpaired) electrons. The van der Waals surface area contributed by atoms with Crippen molar-refractivity contribution in [1.82, 2.24) is 15.2 Å². The standard InChI is InChI=1S/C8H15N5/c1-8(4-2-3-5(8)9)6-11-7(10)13-12-6/h5H,2-4,9H2,1H3,(H3,10,11,12,13). The Bertz CT molecular complexity index is 307. The zero-order valence-electron chi connectivity index (χ0n) is 7.75. The number of H-pyrrole nitrogens is 1. The van der Waals surface area contributed by atoms with Crippen molar-refractivity contribution in [2.24, 2.45) is 5.73 Å². The van der Waals surface area contributed by atoms with Crippen LogP contribution in [-0.4, -0.2) is 21.2 Å². The van der Waals surface area contributed by atoms with Crippen LogP contribution in [0.2, 0.25) is 0 Å². The van der Waals surface area contributed by atoms with Gasteiger partial charge >= 0.3 is 0 Å². The molecule has 0 aliphatic heterocycles. The van der Waals surface area contributed by atoms with Gasteiger partial charge in [0.25, 0.3) is 0 Å². The molecule has 1 aromatic rings. The summed E-state index contributed by atoms with van der Waals surface area (Å²) >= 11 is 0. The Morgan fingerprint density at radius 1 is 1.62 bits per heavy atom. The predicted octanol–water partition coefficient (Wildman–Crippen LogP) is 0.156. The zero-order chi connectivity index (χ0) is 9.47. The smallest absolute Gasteiger partial charge is 0.239 e. The van der Waals surface area contributed by atoms with Crippen LogP contribution in [0.25, 0.3) is 0 Å². The highest BCUT2D eigenvalue weighted by molar-refractivity contribution is 5.20. The second kappa shape index (κ2) is 2.70. The fraction of sp³-hybridized carbons (Fsp3) is 0.750. The van der Waals surface area contributed by atoms with E-state index in [4.69, 9.17) is 11.5 Å². The molecule has 2 rings (SSSR count). The van der Waals surface area contributed by atoms with Crippen LogP contribution in [0.4, 0.5) is 5.95 Å². The maximum atomic E-state index is 6.03. The molecular weight excluding hydrogens is 166 g/mol. The third-order valence-corrected chi connectivity index (χ3v) is 3.07. The van der Waals surface area contributed by atoms with E-state index in [0.717, 1.165) is 25.1 Å². The number of anilines is 1. The summed E-state index contributed by atoms with van der Waals surface area (Å²) in [6.45, 7) is 2.12. The third-order valence-electron chi connectivity index (χ3n) is 3.07. The average Bonchev–Trinajstić information content (AvgIpc) is 2.62. The lowest BCUT2D eigenvalue weighted by atomic mass is 9.84. The number of nitrogens with two attached hydrogens (primary N) is 2. The van der Waals surface area contributed by atoms with Crippen LogP contribution in [0.3, 0.4) is 0 Å². The van der Waals surface area contributed by atoms with Gasteiger partial charge < -0.3 is 11.5 Å². The number of hydrogen-bond donors (Lipinski definition) is 3. The highest BCUT2D eigenvalue weighted by Crippen LogP contribution is 2.37. The highest BCUT2D eigenvalue weighted by Gasteiger charge is 2.40. The van der Waals surface area contributed by atoms with Crippen LogP contribution in [-0.2, 0) is 5.41 Å². The summed E-state index contributed by atoms with van der Waals surface area (Å²) < 4.78 is 0. The molecule has 1 fully saturated rings. The van der Waals surface area contributed by atoms with Gasteiger partial charge in [0.1, 0.15) is 5.82 Å². The van der Waals surface area contributed by atoms with Gasteiger partial charge in [-0.25, -0.2) is 0 Å². The normalized spacial score (nSPS) is 33.8. The van der Waals surface area contributed by atoms with Crippen molar-refractivity contribution in [3.05, 3.63) is 5.82 Å². The number of nitrogens with zero attached hydrogens (tertiary/aromatic N) is 2. The first-order chi connectivity index (χ1) is 6.13. The lowest BCUT2D eigenvalue weighted by Crippen LogP contribution is -2.39. The first-order valence-electron chi connectivity index (χ1n) is 4.57. The molecule has 1 aromatic heterocycles. The van der Waals surface area contributed by atoms with Crippen LogP contribution in [0.5, 0.6) is 0 Å². The van der Waals surface area contributed by atoms with Gasteiger partial charge in [-0.15, -0.1) is 5.10 Å². The van der Waals surface area contributed by atoms with Gasteiger partial charge in [0, 0.05) is 11.5 Å². The second-order valence-electron chi connectivity index (χ2n) is 3.96. The Balaban J connectivity index is 2.33. The van der Waals surface area contributed by atoms with Crippen molar-refractivity contribution in [3.63, 3.8) is 0 Å². The van der Waals surface area contributed by atoms with Crippen LogP contribution in [0.15, 0.2) is 0 Å². The SMILES string of the molecule is CC1(c2nc(N)n[nH]2)CCCC1N.